The first-order chi connectivity index (χ1) is 12.3. The Kier molecular flexibility index (Phi) is 3.95. The smallest absolute Gasteiger partial charge is 0.118 e. The third-order valence-corrected chi connectivity index (χ3v) is 4.52. The van der Waals surface area contributed by atoms with Crippen molar-refractivity contribution in [2.75, 3.05) is 7.11 Å². The summed E-state index contributed by atoms with van der Waals surface area (Å²) in [5.74, 6) is 0. The van der Waals surface area contributed by atoms with Crippen LogP contribution in [-0.4, -0.2) is 12.8 Å². The fourth-order valence-corrected chi connectivity index (χ4v) is 3.32. The second kappa shape index (κ2) is 6.40. The second-order valence-electron chi connectivity index (χ2n) is 6.18. The van der Waals surface area contributed by atoms with Crippen molar-refractivity contribution in [3.63, 3.8) is 0 Å². The minimum atomic E-state index is 0.873. The van der Waals surface area contributed by atoms with Gasteiger partial charge in [0.25, 0.3) is 0 Å². The molecule has 3 aromatic carbocycles. The van der Waals surface area contributed by atoms with Crippen LogP contribution >= 0.6 is 0 Å². The lowest BCUT2D eigenvalue weighted by atomic mass is 9.80. The Morgan fingerprint density at radius 2 is 1.28 bits per heavy atom. The van der Waals surface area contributed by atoms with Crippen molar-refractivity contribution in [2.45, 2.75) is 6.92 Å². The van der Waals surface area contributed by atoms with Crippen molar-refractivity contribution >= 4 is 17.4 Å². The molecule has 0 saturated heterocycles. The second-order valence-corrected chi connectivity index (χ2v) is 6.18. The van der Waals surface area contributed by atoms with Gasteiger partial charge in [0.1, 0.15) is 12.8 Å². The molecule has 0 atom stereocenters. The first kappa shape index (κ1) is 15.4. The molecule has 3 aromatic rings. The number of hydrogen-bond acceptors (Lipinski definition) is 2. The van der Waals surface area contributed by atoms with Crippen molar-refractivity contribution in [1.29, 1.82) is 0 Å². The lowest BCUT2D eigenvalue weighted by Gasteiger charge is -2.23. The molecule has 0 N–H and O–H groups in total. The predicted octanol–water partition coefficient (Wildman–Crippen LogP) is 5.57. The fourth-order valence-electron chi connectivity index (χ4n) is 3.32. The highest BCUT2D eigenvalue weighted by molar-refractivity contribution is 6.39. The summed E-state index contributed by atoms with van der Waals surface area (Å²) >= 11 is 0. The van der Waals surface area contributed by atoms with Crippen molar-refractivity contribution in [2.24, 2.45) is 5.16 Å². The van der Waals surface area contributed by atoms with Crippen LogP contribution in [0.2, 0.25) is 0 Å². The molecule has 2 nitrogen and oxygen atoms in total. The molecule has 0 aromatic heterocycles. The summed E-state index contributed by atoms with van der Waals surface area (Å²) < 4.78 is 0. The Morgan fingerprint density at radius 3 is 1.92 bits per heavy atom. The van der Waals surface area contributed by atoms with Crippen LogP contribution < -0.4 is 0 Å². The fraction of sp³-hybridized carbons (Fsp3) is 0.0870. The first-order valence-corrected chi connectivity index (χ1v) is 8.37. The van der Waals surface area contributed by atoms with Gasteiger partial charge >= 0.3 is 0 Å². The number of rotatable bonds is 2. The SMILES string of the molecule is CO/N=C1/C(=C/c2ccc(C)cc2)c2ccccc2-c2ccccc21. The summed E-state index contributed by atoms with van der Waals surface area (Å²) in [4.78, 5) is 5.19. The Balaban J connectivity index is 1.99. The Bertz CT molecular complexity index is 981. The van der Waals surface area contributed by atoms with E-state index < -0.39 is 0 Å². The molecule has 0 radical (unpaired) electrons. The van der Waals surface area contributed by atoms with E-state index in [4.69, 9.17) is 4.84 Å². The van der Waals surface area contributed by atoms with Gasteiger partial charge in [-0.2, -0.15) is 0 Å². The normalized spacial score (nSPS) is 15.8. The third kappa shape index (κ3) is 2.76. The predicted molar refractivity (Wildman–Crippen MR) is 104 cm³/mol. The number of benzene rings is 3. The highest BCUT2D eigenvalue weighted by atomic mass is 16.6. The standard InChI is InChI=1S/C23H19NO/c1-16-11-13-17(14-12-16)15-22-20-9-4-3-7-18(20)19-8-5-6-10-21(19)23(22)24-25-2/h3-15H,1-2H3/b22-15+,24-23+. The lowest BCUT2D eigenvalue weighted by Crippen LogP contribution is -2.13. The van der Waals surface area contributed by atoms with E-state index in [1.54, 1.807) is 7.11 Å². The molecule has 0 saturated carbocycles. The number of aryl methyl sites for hydroxylation is 1. The van der Waals surface area contributed by atoms with Gasteiger partial charge in [-0.25, -0.2) is 0 Å². The van der Waals surface area contributed by atoms with Gasteiger partial charge in [0.05, 0.1) is 0 Å². The molecular weight excluding hydrogens is 306 g/mol. The van der Waals surface area contributed by atoms with Gasteiger partial charge in [0.15, 0.2) is 0 Å². The molecule has 2 heteroatoms. The van der Waals surface area contributed by atoms with Crippen molar-refractivity contribution in [3.8, 4) is 11.1 Å². The molecule has 25 heavy (non-hydrogen) atoms. The summed E-state index contributed by atoms with van der Waals surface area (Å²) in [6.45, 7) is 2.10. The summed E-state index contributed by atoms with van der Waals surface area (Å²) in [5, 5.41) is 4.37. The van der Waals surface area contributed by atoms with Crippen LogP contribution in [0.25, 0.3) is 22.8 Å². The molecule has 0 heterocycles. The number of nitrogens with zero attached hydrogens (tertiary/aromatic N) is 1. The number of fused-ring (bicyclic) bond motifs is 3. The van der Waals surface area contributed by atoms with Gasteiger partial charge in [0.2, 0.25) is 0 Å². The zero-order chi connectivity index (χ0) is 17.2. The van der Waals surface area contributed by atoms with Crippen molar-refractivity contribution < 1.29 is 4.84 Å². The maximum atomic E-state index is 5.19. The third-order valence-electron chi connectivity index (χ3n) is 4.52. The van der Waals surface area contributed by atoms with Crippen LogP contribution in [0.15, 0.2) is 78.0 Å². The van der Waals surface area contributed by atoms with Crippen molar-refractivity contribution in [1.82, 2.24) is 0 Å². The van der Waals surface area contributed by atoms with Crippen molar-refractivity contribution in [3.05, 3.63) is 95.1 Å². The summed E-state index contributed by atoms with van der Waals surface area (Å²) in [6.07, 6.45) is 2.19. The number of allylic oxidation sites excluding steroid dienone is 1. The minimum absolute atomic E-state index is 0.873. The Labute approximate surface area is 148 Å². The summed E-state index contributed by atoms with van der Waals surface area (Å²) in [5.41, 5.74) is 9.05. The van der Waals surface area contributed by atoms with Gasteiger partial charge in [0, 0.05) is 11.1 Å². The molecule has 0 unspecified atom stereocenters. The molecule has 0 amide bonds. The van der Waals surface area contributed by atoms with E-state index in [1.807, 2.05) is 6.07 Å². The molecule has 0 bridgehead atoms. The summed E-state index contributed by atoms with van der Waals surface area (Å²) in [6, 6.07) is 25.3. The van der Waals surface area contributed by atoms with Crippen LogP contribution in [0.4, 0.5) is 0 Å². The average Bonchev–Trinajstić information content (AvgIpc) is 2.66. The maximum absolute atomic E-state index is 5.19. The van der Waals surface area contributed by atoms with Gasteiger partial charge in [-0.3, -0.25) is 0 Å². The monoisotopic (exact) mass is 325 g/mol. The number of oxime groups is 1. The summed E-state index contributed by atoms with van der Waals surface area (Å²) in [7, 11) is 1.60. The number of hydrogen-bond donors (Lipinski definition) is 0. The average molecular weight is 325 g/mol. The molecular formula is C23H19NO. The molecule has 0 aliphatic heterocycles. The van der Waals surface area contributed by atoms with Crippen LogP contribution in [0.3, 0.4) is 0 Å². The highest BCUT2D eigenvalue weighted by Gasteiger charge is 2.25. The van der Waals surface area contributed by atoms with E-state index in [9.17, 15) is 0 Å². The molecule has 122 valence electrons. The Morgan fingerprint density at radius 1 is 0.720 bits per heavy atom. The topological polar surface area (TPSA) is 21.6 Å². The van der Waals surface area contributed by atoms with Crippen LogP contribution in [-0.2, 0) is 4.84 Å². The van der Waals surface area contributed by atoms with Gasteiger partial charge in [-0.1, -0.05) is 83.5 Å². The Hall–Kier alpha value is -3.13. The lowest BCUT2D eigenvalue weighted by molar-refractivity contribution is 0.214. The van der Waals surface area contributed by atoms with E-state index in [0.717, 1.165) is 22.4 Å². The van der Waals surface area contributed by atoms with Crippen LogP contribution in [0.5, 0.6) is 0 Å². The molecule has 0 fully saturated rings. The van der Waals surface area contributed by atoms with Crippen LogP contribution in [0, 0.1) is 6.92 Å². The van der Waals surface area contributed by atoms with Gasteiger partial charge in [-0.15, -0.1) is 0 Å². The molecule has 4 rings (SSSR count). The zero-order valence-electron chi connectivity index (χ0n) is 14.4. The van der Waals surface area contributed by atoms with E-state index in [2.05, 4.69) is 84.9 Å². The van der Waals surface area contributed by atoms with E-state index in [1.165, 1.54) is 22.3 Å². The van der Waals surface area contributed by atoms with Gasteiger partial charge in [-0.05, 0) is 35.3 Å². The molecule has 1 aliphatic carbocycles. The van der Waals surface area contributed by atoms with Gasteiger partial charge < -0.3 is 4.84 Å². The molecule has 1 aliphatic rings. The highest BCUT2D eigenvalue weighted by Crippen LogP contribution is 2.40. The largest absolute Gasteiger partial charge is 0.399 e. The molecule has 0 spiro atoms. The zero-order valence-corrected chi connectivity index (χ0v) is 14.4. The van der Waals surface area contributed by atoms with E-state index >= 15 is 0 Å². The van der Waals surface area contributed by atoms with E-state index in [-0.39, 0.29) is 0 Å². The van der Waals surface area contributed by atoms with E-state index in [0.29, 0.717) is 0 Å². The first-order valence-electron chi connectivity index (χ1n) is 8.37. The maximum Gasteiger partial charge on any atom is 0.118 e. The quantitative estimate of drug-likeness (QED) is 0.565. The minimum Gasteiger partial charge on any atom is -0.399 e. The van der Waals surface area contributed by atoms with Crippen LogP contribution in [0.1, 0.15) is 22.3 Å².